The molecular weight excluding hydrogens is 194 g/mol. The summed E-state index contributed by atoms with van der Waals surface area (Å²) in [7, 11) is 1.57. The minimum absolute atomic E-state index is 0.194. The summed E-state index contributed by atoms with van der Waals surface area (Å²) in [6, 6.07) is 2.21. The Morgan fingerprint density at radius 1 is 1.40 bits per heavy atom. The first-order chi connectivity index (χ1) is 7.28. The first-order valence-electron chi connectivity index (χ1n) is 5.04. The zero-order valence-electron chi connectivity index (χ0n) is 8.93. The number of methoxy groups -OCH3 is 1. The molecule has 15 heavy (non-hydrogen) atoms. The van der Waals surface area contributed by atoms with E-state index in [0.717, 1.165) is 13.0 Å². The van der Waals surface area contributed by atoms with Gasteiger partial charge in [0.25, 0.3) is 0 Å². The van der Waals surface area contributed by atoms with Crippen LogP contribution in [-0.2, 0) is 0 Å². The Kier molecular flexibility index (Phi) is 3.01. The lowest BCUT2D eigenvalue weighted by Crippen LogP contribution is -2.21. The largest absolute Gasteiger partial charge is 0.481 e. The lowest BCUT2D eigenvalue weighted by Gasteiger charge is -2.11. The highest BCUT2D eigenvalue weighted by Gasteiger charge is 2.22. The van der Waals surface area contributed by atoms with Crippen molar-refractivity contribution in [2.45, 2.75) is 25.5 Å². The quantitative estimate of drug-likeness (QED) is 0.790. The van der Waals surface area contributed by atoms with Crippen LogP contribution in [-0.4, -0.2) is 35.8 Å². The second-order valence-corrected chi connectivity index (χ2v) is 3.68. The fourth-order valence-electron chi connectivity index (χ4n) is 1.65. The average Bonchev–Trinajstić information content (AvgIpc) is 2.64. The van der Waals surface area contributed by atoms with E-state index in [1.54, 1.807) is 13.2 Å². The van der Waals surface area contributed by atoms with Crippen molar-refractivity contribution < 1.29 is 9.47 Å². The number of rotatable bonds is 3. The zero-order chi connectivity index (χ0) is 10.7. The van der Waals surface area contributed by atoms with Gasteiger partial charge in [0.1, 0.15) is 12.4 Å². The molecule has 1 aromatic heterocycles. The third-order valence-electron chi connectivity index (χ3n) is 2.42. The molecule has 5 heteroatoms. The second-order valence-electron chi connectivity index (χ2n) is 3.68. The van der Waals surface area contributed by atoms with Gasteiger partial charge in [-0.1, -0.05) is 0 Å². The van der Waals surface area contributed by atoms with Crippen molar-refractivity contribution in [1.82, 2.24) is 15.3 Å². The van der Waals surface area contributed by atoms with Crippen LogP contribution in [0.15, 0.2) is 12.4 Å². The van der Waals surface area contributed by atoms with E-state index in [0.29, 0.717) is 17.8 Å². The summed E-state index contributed by atoms with van der Waals surface area (Å²) in [5, 5.41) is 3.32. The molecule has 1 aliphatic heterocycles. The van der Waals surface area contributed by atoms with Crippen molar-refractivity contribution in [3.05, 3.63) is 12.4 Å². The monoisotopic (exact) mass is 209 g/mol. The number of aromatic nitrogens is 2. The van der Waals surface area contributed by atoms with Crippen LogP contribution in [0.2, 0.25) is 0 Å². The number of hydrogen-bond acceptors (Lipinski definition) is 5. The summed E-state index contributed by atoms with van der Waals surface area (Å²) < 4.78 is 10.7. The molecule has 0 saturated carbocycles. The summed E-state index contributed by atoms with van der Waals surface area (Å²) in [6.45, 7) is 3.01. The van der Waals surface area contributed by atoms with E-state index in [-0.39, 0.29) is 6.10 Å². The Morgan fingerprint density at radius 3 is 2.87 bits per heavy atom. The van der Waals surface area contributed by atoms with Crippen molar-refractivity contribution >= 4 is 0 Å². The topological polar surface area (TPSA) is 56.3 Å². The van der Waals surface area contributed by atoms with Crippen LogP contribution in [0.3, 0.4) is 0 Å². The predicted octanol–water partition coefficient (Wildman–Crippen LogP) is 0.614. The molecule has 1 saturated heterocycles. The van der Waals surface area contributed by atoms with E-state index in [2.05, 4.69) is 22.2 Å². The van der Waals surface area contributed by atoms with Gasteiger partial charge in [0.15, 0.2) is 0 Å². The molecule has 0 bridgehead atoms. The Labute approximate surface area is 88.8 Å². The Balaban J connectivity index is 1.98. The molecular formula is C10H15N3O2. The molecule has 2 heterocycles. The summed E-state index contributed by atoms with van der Waals surface area (Å²) in [6.07, 6.45) is 2.64. The lowest BCUT2D eigenvalue weighted by molar-refractivity contribution is 0.210. The first kappa shape index (κ1) is 10.2. The summed E-state index contributed by atoms with van der Waals surface area (Å²) in [5.74, 6) is 1.10. The van der Waals surface area contributed by atoms with Gasteiger partial charge in [-0.3, -0.25) is 0 Å². The van der Waals surface area contributed by atoms with Gasteiger partial charge < -0.3 is 14.8 Å². The Morgan fingerprint density at radius 2 is 2.20 bits per heavy atom. The van der Waals surface area contributed by atoms with E-state index in [1.165, 1.54) is 6.33 Å². The smallest absolute Gasteiger partial charge is 0.220 e. The van der Waals surface area contributed by atoms with Gasteiger partial charge in [0.05, 0.1) is 13.2 Å². The van der Waals surface area contributed by atoms with Crippen LogP contribution < -0.4 is 14.8 Å². The van der Waals surface area contributed by atoms with Gasteiger partial charge in [0.2, 0.25) is 11.8 Å². The molecule has 0 spiro atoms. The van der Waals surface area contributed by atoms with Crippen LogP contribution in [0.1, 0.15) is 13.3 Å². The minimum Gasteiger partial charge on any atom is -0.481 e. The lowest BCUT2D eigenvalue weighted by atomic mass is 10.2. The third kappa shape index (κ3) is 2.56. The second kappa shape index (κ2) is 4.44. The van der Waals surface area contributed by atoms with Gasteiger partial charge in [-0.2, -0.15) is 0 Å². The van der Waals surface area contributed by atoms with Crippen molar-refractivity contribution in [3.8, 4) is 11.8 Å². The number of nitrogens with zero attached hydrogens (tertiary/aromatic N) is 2. The highest BCUT2D eigenvalue weighted by molar-refractivity contribution is 5.18. The standard InChI is InChI=1S/C10H15N3O2/c1-7-3-8(5-11-7)15-10-4-9(14-2)12-6-13-10/h4,6-8,11H,3,5H2,1-2H3/t7-,8-/m0/s1. The van der Waals surface area contributed by atoms with Crippen LogP contribution in [0.4, 0.5) is 0 Å². The molecule has 5 nitrogen and oxygen atoms in total. The molecule has 0 aliphatic carbocycles. The SMILES string of the molecule is COc1cc(O[C@@H]2CN[C@@H](C)C2)ncn1. The normalized spacial score (nSPS) is 25.2. The maximum atomic E-state index is 5.69. The summed E-state index contributed by atoms with van der Waals surface area (Å²) >= 11 is 0. The fourth-order valence-corrected chi connectivity index (χ4v) is 1.65. The Hall–Kier alpha value is -1.36. The molecule has 1 aliphatic rings. The minimum atomic E-state index is 0.194. The van der Waals surface area contributed by atoms with E-state index in [4.69, 9.17) is 9.47 Å². The molecule has 0 aromatic carbocycles. The highest BCUT2D eigenvalue weighted by Crippen LogP contribution is 2.17. The number of ether oxygens (including phenoxy) is 2. The van der Waals surface area contributed by atoms with E-state index >= 15 is 0 Å². The van der Waals surface area contributed by atoms with E-state index in [1.807, 2.05) is 0 Å². The van der Waals surface area contributed by atoms with Crippen molar-refractivity contribution in [3.63, 3.8) is 0 Å². The van der Waals surface area contributed by atoms with Crippen molar-refractivity contribution in [1.29, 1.82) is 0 Å². The molecule has 2 atom stereocenters. The van der Waals surface area contributed by atoms with Crippen LogP contribution >= 0.6 is 0 Å². The summed E-state index contributed by atoms with van der Waals surface area (Å²) in [4.78, 5) is 7.95. The molecule has 0 unspecified atom stereocenters. The number of hydrogen-bond donors (Lipinski definition) is 1. The van der Waals surface area contributed by atoms with Crippen LogP contribution in [0, 0.1) is 0 Å². The molecule has 0 amide bonds. The van der Waals surface area contributed by atoms with Gasteiger partial charge in [0, 0.05) is 19.0 Å². The maximum absolute atomic E-state index is 5.69. The van der Waals surface area contributed by atoms with Crippen molar-refractivity contribution in [2.24, 2.45) is 0 Å². The fraction of sp³-hybridized carbons (Fsp3) is 0.600. The molecule has 1 N–H and O–H groups in total. The molecule has 0 radical (unpaired) electrons. The maximum Gasteiger partial charge on any atom is 0.220 e. The molecule has 2 rings (SSSR count). The highest BCUT2D eigenvalue weighted by atomic mass is 16.5. The number of nitrogens with one attached hydrogen (secondary N) is 1. The van der Waals surface area contributed by atoms with Gasteiger partial charge in [-0.05, 0) is 6.92 Å². The summed E-state index contributed by atoms with van der Waals surface area (Å²) in [5.41, 5.74) is 0. The van der Waals surface area contributed by atoms with E-state index < -0.39 is 0 Å². The molecule has 1 fully saturated rings. The third-order valence-corrected chi connectivity index (χ3v) is 2.42. The Bertz CT molecular complexity index is 332. The molecule has 82 valence electrons. The predicted molar refractivity (Wildman–Crippen MR) is 55.1 cm³/mol. The van der Waals surface area contributed by atoms with Crippen molar-refractivity contribution in [2.75, 3.05) is 13.7 Å². The molecule has 1 aromatic rings. The van der Waals surface area contributed by atoms with Crippen LogP contribution in [0.25, 0.3) is 0 Å². The van der Waals surface area contributed by atoms with Gasteiger partial charge in [-0.15, -0.1) is 0 Å². The van der Waals surface area contributed by atoms with Gasteiger partial charge in [-0.25, -0.2) is 9.97 Å². The van der Waals surface area contributed by atoms with E-state index in [9.17, 15) is 0 Å². The first-order valence-corrected chi connectivity index (χ1v) is 5.04. The zero-order valence-corrected chi connectivity index (χ0v) is 8.93. The van der Waals surface area contributed by atoms with Gasteiger partial charge >= 0.3 is 0 Å². The average molecular weight is 209 g/mol. The van der Waals surface area contributed by atoms with Crippen LogP contribution in [0.5, 0.6) is 11.8 Å².